The van der Waals surface area contributed by atoms with Crippen LogP contribution in [0.2, 0.25) is 0 Å². The Balaban J connectivity index is 1.81. The Hall–Kier alpha value is -1.56. The number of hydrogen-bond donors (Lipinski definition) is 0. The van der Waals surface area contributed by atoms with Crippen molar-refractivity contribution < 1.29 is 4.74 Å². The van der Waals surface area contributed by atoms with Gasteiger partial charge in [-0.2, -0.15) is 4.68 Å². The van der Waals surface area contributed by atoms with Crippen molar-refractivity contribution in [1.82, 2.24) is 20.2 Å². The Labute approximate surface area is 116 Å². The van der Waals surface area contributed by atoms with Gasteiger partial charge in [0.2, 0.25) is 5.16 Å². The van der Waals surface area contributed by atoms with Crippen LogP contribution in [0.25, 0.3) is 5.69 Å². The Morgan fingerprint density at radius 2 is 1.95 bits per heavy atom. The van der Waals surface area contributed by atoms with E-state index in [0.717, 1.165) is 16.6 Å². The van der Waals surface area contributed by atoms with E-state index >= 15 is 0 Å². The van der Waals surface area contributed by atoms with Crippen molar-refractivity contribution in [2.75, 3.05) is 7.11 Å². The molecule has 1 fully saturated rings. The normalized spacial score (nSPS) is 15.8. The first-order chi connectivity index (χ1) is 9.36. The first-order valence-corrected chi connectivity index (χ1v) is 7.34. The fourth-order valence-corrected chi connectivity index (χ4v) is 3.49. The van der Waals surface area contributed by atoms with E-state index in [0.29, 0.717) is 5.25 Å². The minimum atomic E-state index is 0.656. The quantitative estimate of drug-likeness (QED) is 0.859. The topological polar surface area (TPSA) is 52.8 Å². The highest BCUT2D eigenvalue weighted by molar-refractivity contribution is 7.99. The van der Waals surface area contributed by atoms with Crippen LogP contribution < -0.4 is 4.74 Å². The number of rotatable bonds is 4. The average molecular weight is 276 g/mol. The van der Waals surface area contributed by atoms with Crippen LogP contribution in [-0.2, 0) is 0 Å². The smallest absolute Gasteiger partial charge is 0.214 e. The number of nitrogens with zero attached hydrogens (tertiary/aromatic N) is 4. The second-order valence-electron chi connectivity index (χ2n) is 4.60. The molecule has 6 heteroatoms. The molecule has 5 nitrogen and oxygen atoms in total. The van der Waals surface area contributed by atoms with E-state index in [-0.39, 0.29) is 0 Å². The third-order valence-corrected chi connectivity index (χ3v) is 4.60. The molecule has 100 valence electrons. The van der Waals surface area contributed by atoms with E-state index in [9.17, 15) is 0 Å². The van der Waals surface area contributed by atoms with Gasteiger partial charge in [0.15, 0.2) is 0 Å². The van der Waals surface area contributed by atoms with Crippen molar-refractivity contribution in [2.45, 2.75) is 36.1 Å². The summed E-state index contributed by atoms with van der Waals surface area (Å²) >= 11 is 1.78. The molecule has 0 radical (unpaired) electrons. The van der Waals surface area contributed by atoms with Crippen molar-refractivity contribution in [2.24, 2.45) is 0 Å². The highest BCUT2D eigenvalue weighted by Crippen LogP contribution is 2.34. The Morgan fingerprint density at radius 3 is 2.63 bits per heavy atom. The van der Waals surface area contributed by atoms with Gasteiger partial charge < -0.3 is 4.74 Å². The number of methoxy groups -OCH3 is 1. The minimum Gasteiger partial charge on any atom is -0.497 e. The molecule has 1 aromatic carbocycles. The first-order valence-electron chi connectivity index (χ1n) is 6.46. The van der Waals surface area contributed by atoms with Crippen molar-refractivity contribution in [3.05, 3.63) is 24.3 Å². The summed E-state index contributed by atoms with van der Waals surface area (Å²) in [5, 5.41) is 13.5. The van der Waals surface area contributed by atoms with E-state index < -0.39 is 0 Å². The number of ether oxygens (including phenoxy) is 1. The van der Waals surface area contributed by atoms with Crippen molar-refractivity contribution >= 4 is 11.8 Å². The molecule has 0 aliphatic heterocycles. The lowest BCUT2D eigenvalue weighted by atomic mass is 10.3. The molecule has 1 saturated carbocycles. The summed E-state index contributed by atoms with van der Waals surface area (Å²) in [6.45, 7) is 0. The lowest BCUT2D eigenvalue weighted by Crippen LogP contribution is -2.02. The maximum Gasteiger partial charge on any atom is 0.214 e. The average Bonchev–Trinajstić information content (AvgIpc) is 3.11. The van der Waals surface area contributed by atoms with Crippen LogP contribution in [0.1, 0.15) is 25.7 Å². The van der Waals surface area contributed by atoms with Crippen LogP contribution >= 0.6 is 11.8 Å². The predicted molar refractivity (Wildman–Crippen MR) is 73.8 cm³/mol. The largest absolute Gasteiger partial charge is 0.497 e. The van der Waals surface area contributed by atoms with Gasteiger partial charge >= 0.3 is 0 Å². The molecule has 0 amide bonds. The molecule has 3 rings (SSSR count). The number of benzene rings is 1. The number of aromatic nitrogens is 4. The summed E-state index contributed by atoms with van der Waals surface area (Å²) in [7, 11) is 1.66. The van der Waals surface area contributed by atoms with Crippen LogP contribution in [0.5, 0.6) is 5.75 Å². The minimum absolute atomic E-state index is 0.656. The summed E-state index contributed by atoms with van der Waals surface area (Å²) in [5.41, 5.74) is 0.964. The predicted octanol–water partition coefficient (Wildman–Crippen LogP) is 2.71. The number of thioether (sulfide) groups is 1. The fraction of sp³-hybridized carbons (Fsp3) is 0.462. The Kier molecular flexibility index (Phi) is 3.68. The van der Waals surface area contributed by atoms with Gasteiger partial charge in [0.25, 0.3) is 0 Å². The number of hydrogen-bond acceptors (Lipinski definition) is 5. The summed E-state index contributed by atoms with van der Waals surface area (Å²) in [5.74, 6) is 0.835. The fourth-order valence-electron chi connectivity index (χ4n) is 2.29. The summed E-state index contributed by atoms with van der Waals surface area (Å²) < 4.78 is 6.95. The van der Waals surface area contributed by atoms with Gasteiger partial charge in [-0.1, -0.05) is 24.6 Å². The first kappa shape index (κ1) is 12.5. The van der Waals surface area contributed by atoms with Gasteiger partial charge in [-0.3, -0.25) is 0 Å². The van der Waals surface area contributed by atoms with Gasteiger partial charge in [0, 0.05) is 5.25 Å². The van der Waals surface area contributed by atoms with Gasteiger partial charge in [-0.25, -0.2) is 0 Å². The van der Waals surface area contributed by atoms with Gasteiger partial charge in [-0.15, -0.1) is 5.10 Å². The Morgan fingerprint density at radius 1 is 1.21 bits per heavy atom. The number of tetrazole rings is 1. The zero-order valence-electron chi connectivity index (χ0n) is 10.8. The third kappa shape index (κ3) is 2.73. The van der Waals surface area contributed by atoms with Crippen LogP contribution in [0.4, 0.5) is 0 Å². The highest BCUT2D eigenvalue weighted by atomic mass is 32.2. The summed E-state index contributed by atoms with van der Waals surface area (Å²) in [6, 6.07) is 7.77. The molecule has 19 heavy (non-hydrogen) atoms. The SMILES string of the molecule is COc1ccc(-n2nnnc2SC2CCCC2)cc1. The maximum atomic E-state index is 5.16. The second-order valence-corrected chi connectivity index (χ2v) is 5.86. The molecule has 0 saturated heterocycles. The van der Waals surface area contributed by atoms with Crippen molar-refractivity contribution in [3.8, 4) is 11.4 Å². The van der Waals surface area contributed by atoms with E-state index in [1.807, 2.05) is 24.3 Å². The molecule has 0 unspecified atom stereocenters. The zero-order chi connectivity index (χ0) is 13.1. The van der Waals surface area contributed by atoms with Crippen LogP contribution in [0.15, 0.2) is 29.4 Å². The monoisotopic (exact) mass is 276 g/mol. The molecule has 1 aliphatic carbocycles. The molecular formula is C13H16N4OS. The van der Waals surface area contributed by atoms with Gasteiger partial charge in [0.1, 0.15) is 5.75 Å². The molecule has 0 spiro atoms. The lowest BCUT2D eigenvalue weighted by molar-refractivity contribution is 0.414. The molecule has 1 aliphatic rings. The molecule has 1 aromatic heterocycles. The van der Waals surface area contributed by atoms with E-state index in [4.69, 9.17) is 4.74 Å². The van der Waals surface area contributed by atoms with E-state index in [1.54, 1.807) is 23.6 Å². The second kappa shape index (κ2) is 5.61. The molecule has 0 N–H and O–H groups in total. The highest BCUT2D eigenvalue weighted by Gasteiger charge is 2.20. The third-order valence-electron chi connectivity index (χ3n) is 3.33. The van der Waals surface area contributed by atoms with Crippen molar-refractivity contribution in [3.63, 3.8) is 0 Å². The molecule has 0 bridgehead atoms. The van der Waals surface area contributed by atoms with E-state index in [2.05, 4.69) is 15.5 Å². The molecule has 2 aromatic rings. The van der Waals surface area contributed by atoms with Gasteiger partial charge in [0.05, 0.1) is 12.8 Å². The Bertz CT molecular complexity index is 534. The standard InChI is InChI=1S/C13H16N4OS/c1-18-11-8-6-10(7-9-11)17-13(14-15-16-17)19-12-4-2-3-5-12/h6-9,12H,2-5H2,1H3. The molecule has 1 heterocycles. The molecular weight excluding hydrogens is 260 g/mol. The maximum absolute atomic E-state index is 5.16. The van der Waals surface area contributed by atoms with E-state index in [1.165, 1.54) is 25.7 Å². The molecule has 0 atom stereocenters. The van der Waals surface area contributed by atoms with Crippen molar-refractivity contribution in [1.29, 1.82) is 0 Å². The zero-order valence-corrected chi connectivity index (χ0v) is 11.6. The van der Waals surface area contributed by atoms with Crippen LogP contribution in [0, 0.1) is 0 Å². The van der Waals surface area contributed by atoms with Crippen LogP contribution in [-0.4, -0.2) is 32.6 Å². The van der Waals surface area contributed by atoms with Crippen LogP contribution in [0.3, 0.4) is 0 Å². The summed E-state index contributed by atoms with van der Waals surface area (Å²) in [6.07, 6.45) is 5.17. The lowest BCUT2D eigenvalue weighted by Gasteiger charge is -2.08. The summed E-state index contributed by atoms with van der Waals surface area (Å²) in [4.78, 5) is 0. The van der Waals surface area contributed by atoms with Gasteiger partial charge in [-0.05, 0) is 47.5 Å².